The lowest BCUT2D eigenvalue weighted by molar-refractivity contribution is -0.140. The Morgan fingerprint density at radius 2 is 1.25 bits per heavy atom. The first-order valence-electron chi connectivity index (χ1n) is 13.8. The summed E-state index contributed by atoms with van der Waals surface area (Å²) in [5, 5.41) is 0. The van der Waals surface area contributed by atoms with Gasteiger partial charge in [-0.15, -0.1) is 0 Å². The zero-order valence-electron chi connectivity index (χ0n) is 23.3. The fraction of sp³-hybridized carbons (Fsp3) is 0.438. The lowest BCUT2D eigenvalue weighted by Crippen LogP contribution is -2.17. The average Bonchev–Trinajstić information content (AvgIpc) is 3.59. The van der Waals surface area contributed by atoms with Crippen molar-refractivity contribution in [1.82, 2.24) is 19.8 Å². The molecular weight excluding hydrogens is 504 g/mol. The van der Waals surface area contributed by atoms with Gasteiger partial charge < -0.3 is 9.47 Å². The molecule has 2 atom stereocenters. The van der Waals surface area contributed by atoms with E-state index in [1.807, 2.05) is 12.4 Å². The molecule has 2 aromatic heterocycles. The van der Waals surface area contributed by atoms with Crippen molar-refractivity contribution in [3.63, 3.8) is 0 Å². The third-order valence-electron chi connectivity index (χ3n) is 7.09. The van der Waals surface area contributed by atoms with E-state index >= 15 is 0 Å². The maximum absolute atomic E-state index is 11.9. The molecule has 0 aromatic carbocycles. The van der Waals surface area contributed by atoms with Gasteiger partial charge >= 0.3 is 11.9 Å². The van der Waals surface area contributed by atoms with E-state index in [2.05, 4.69) is 69.7 Å². The van der Waals surface area contributed by atoms with E-state index in [0.29, 0.717) is 24.9 Å². The van der Waals surface area contributed by atoms with Crippen LogP contribution in [0.1, 0.15) is 72.9 Å². The van der Waals surface area contributed by atoms with E-state index < -0.39 is 11.9 Å². The van der Waals surface area contributed by atoms with Gasteiger partial charge in [-0.2, -0.15) is 0 Å². The molecule has 208 valence electrons. The van der Waals surface area contributed by atoms with E-state index in [4.69, 9.17) is 9.47 Å². The molecule has 2 aliphatic heterocycles. The van der Waals surface area contributed by atoms with Gasteiger partial charge in [-0.1, -0.05) is 23.7 Å². The number of hydrogen-bond acceptors (Lipinski definition) is 8. The molecule has 0 aliphatic carbocycles. The summed E-state index contributed by atoms with van der Waals surface area (Å²) < 4.78 is 10.2. The molecule has 4 rings (SSSR count). The molecule has 8 nitrogen and oxygen atoms in total. The number of esters is 2. The Morgan fingerprint density at radius 3 is 1.65 bits per heavy atom. The third kappa shape index (κ3) is 8.77. The summed E-state index contributed by atoms with van der Waals surface area (Å²) in [4.78, 5) is 37.0. The van der Waals surface area contributed by atoms with E-state index in [9.17, 15) is 9.59 Å². The number of rotatable bonds is 8. The van der Waals surface area contributed by atoms with Crippen LogP contribution in [0.2, 0.25) is 0 Å². The first-order chi connectivity index (χ1) is 19.5. The summed E-state index contributed by atoms with van der Waals surface area (Å²) in [5.41, 5.74) is 4.05. The van der Waals surface area contributed by atoms with Crippen LogP contribution in [0.25, 0.3) is 0 Å². The van der Waals surface area contributed by atoms with Crippen LogP contribution in [0, 0.1) is 23.7 Å². The van der Waals surface area contributed by atoms with Crippen molar-refractivity contribution in [3.8, 4) is 23.7 Å². The number of carbonyl (C=O) groups is 2. The van der Waals surface area contributed by atoms with Crippen LogP contribution in [0.4, 0.5) is 0 Å². The number of hydrogen-bond donors (Lipinski definition) is 0. The number of likely N-dealkylation sites (tertiary alicyclic amines) is 2. The molecule has 0 radical (unpaired) electrons. The SMILES string of the molecule is CN1CCCC1c1cncc(C#CCCOC(=O)/C=C/C(=O)OCCC#Cc2cncc(C3CCCN3C)c2)c1. The molecular formula is C32H36N4O4. The van der Waals surface area contributed by atoms with E-state index in [0.717, 1.165) is 49.2 Å². The molecule has 2 unspecified atom stereocenters. The summed E-state index contributed by atoms with van der Waals surface area (Å²) in [6, 6.07) is 4.93. The monoisotopic (exact) mass is 540 g/mol. The number of pyridine rings is 2. The van der Waals surface area contributed by atoms with Gasteiger partial charge in [0, 0.05) is 73.0 Å². The second kappa shape index (κ2) is 15.0. The number of aromatic nitrogens is 2. The molecule has 0 N–H and O–H groups in total. The summed E-state index contributed by atoms with van der Waals surface area (Å²) in [6.07, 6.45) is 14.8. The maximum atomic E-state index is 11.9. The van der Waals surface area contributed by atoms with E-state index in [1.165, 1.54) is 24.0 Å². The van der Waals surface area contributed by atoms with Gasteiger partial charge in [0.05, 0.1) is 0 Å². The molecule has 8 heteroatoms. The topological polar surface area (TPSA) is 84.9 Å². The minimum absolute atomic E-state index is 0.131. The molecule has 0 saturated carbocycles. The fourth-order valence-electron chi connectivity index (χ4n) is 5.05. The smallest absolute Gasteiger partial charge is 0.331 e. The van der Waals surface area contributed by atoms with Crippen molar-refractivity contribution < 1.29 is 19.1 Å². The molecule has 40 heavy (non-hydrogen) atoms. The van der Waals surface area contributed by atoms with E-state index in [-0.39, 0.29) is 13.2 Å². The molecule has 4 heterocycles. The fourth-order valence-corrected chi connectivity index (χ4v) is 5.05. The van der Waals surface area contributed by atoms with Crippen LogP contribution in [0.3, 0.4) is 0 Å². The maximum Gasteiger partial charge on any atom is 0.331 e. The Morgan fingerprint density at radius 1 is 0.800 bits per heavy atom. The minimum atomic E-state index is -0.619. The molecule has 0 bridgehead atoms. The van der Waals surface area contributed by atoms with Crippen molar-refractivity contribution in [2.75, 3.05) is 40.4 Å². The third-order valence-corrected chi connectivity index (χ3v) is 7.09. The molecule has 2 fully saturated rings. The highest BCUT2D eigenvalue weighted by atomic mass is 16.5. The number of carbonyl (C=O) groups excluding carboxylic acids is 2. The standard InChI is InChI=1S/C32H36N4O4/c1-35-15-7-11-29(35)27-19-25(21-33-23-27)9-3-5-17-39-31(37)13-14-32(38)40-18-6-4-10-26-20-28(24-34-22-26)30-12-8-16-36(30)2/h13-14,19-24,29-30H,5-8,11-12,15-18H2,1-2H3/b14-13+. The first-order valence-corrected chi connectivity index (χ1v) is 13.8. The van der Waals surface area contributed by atoms with Crippen molar-refractivity contribution in [1.29, 1.82) is 0 Å². The quantitative estimate of drug-likeness (QED) is 0.216. The zero-order chi connectivity index (χ0) is 28.2. The first kappa shape index (κ1) is 29.0. The van der Waals surface area contributed by atoms with Gasteiger partial charge in [-0.05, 0) is 76.1 Å². The molecule has 0 spiro atoms. The lowest BCUT2D eigenvalue weighted by atomic mass is 10.1. The number of nitrogens with zero attached hydrogens (tertiary/aromatic N) is 4. The highest BCUT2D eigenvalue weighted by molar-refractivity contribution is 5.91. The molecule has 2 aliphatic rings. The molecule has 2 aromatic rings. The molecule has 0 amide bonds. The van der Waals surface area contributed by atoms with Crippen molar-refractivity contribution >= 4 is 11.9 Å². The predicted molar refractivity (Wildman–Crippen MR) is 152 cm³/mol. The average molecular weight is 541 g/mol. The van der Waals surface area contributed by atoms with Gasteiger partial charge in [0.15, 0.2) is 0 Å². The number of ether oxygens (including phenoxy) is 2. The second-order valence-electron chi connectivity index (χ2n) is 10.1. The zero-order valence-corrected chi connectivity index (χ0v) is 23.3. The van der Waals surface area contributed by atoms with Crippen molar-refractivity contribution in [2.45, 2.75) is 50.6 Å². The normalized spacial score (nSPS) is 19.1. The van der Waals surface area contributed by atoms with Crippen LogP contribution >= 0.6 is 0 Å². The Bertz CT molecular complexity index is 1230. The highest BCUT2D eigenvalue weighted by Gasteiger charge is 2.23. The van der Waals surface area contributed by atoms with Crippen LogP contribution in [0.5, 0.6) is 0 Å². The van der Waals surface area contributed by atoms with Gasteiger partial charge in [-0.3, -0.25) is 19.8 Å². The lowest BCUT2D eigenvalue weighted by Gasteiger charge is -2.19. The minimum Gasteiger partial charge on any atom is -0.462 e. The van der Waals surface area contributed by atoms with Crippen LogP contribution in [-0.4, -0.2) is 72.1 Å². The Balaban J connectivity index is 1.11. The Hall–Kier alpha value is -3.98. The summed E-state index contributed by atoms with van der Waals surface area (Å²) in [6.45, 7) is 2.46. The van der Waals surface area contributed by atoms with Crippen LogP contribution in [0.15, 0.2) is 49.1 Å². The van der Waals surface area contributed by atoms with E-state index in [1.54, 1.807) is 12.4 Å². The van der Waals surface area contributed by atoms with Crippen molar-refractivity contribution in [3.05, 3.63) is 71.3 Å². The highest BCUT2D eigenvalue weighted by Crippen LogP contribution is 2.30. The van der Waals surface area contributed by atoms with Gasteiger partial charge in [0.1, 0.15) is 13.2 Å². The van der Waals surface area contributed by atoms with Gasteiger partial charge in [0.2, 0.25) is 0 Å². The van der Waals surface area contributed by atoms with Crippen LogP contribution in [-0.2, 0) is 19.1 Å². The Kier molecular flexibility index (Phi) is 10.9. The molecule has 2 saturated heterocycles. The second-order valence-corrected chi connectivity index (χ2v) is 10.1. The Labute approximate surface area is 236 Å². The largest absolute Gasteiger partial charge is 0.462 e. The van der Waals surface area contributed by atoms with Crippen LogP contribution < -0.4 is 0 Å². The van der Waals surface area contributed by atoms with Gasteiger partial charge in [-0.25, -0.2) is 9.59 Å². The van der Waals surface area contributed by atoms with Crippen molar-refractivity contribution in [2.24, 2.45) is 0 Å². The summed E-state index contributed by atoms with van der Waals surface area (Å²) in [5.74, 6) is 10.9. The summed E-state index contributed by atoms with van der Waals surface area (Å²) in [7, 11) is 4.26. The predicted octanol–water partition coefficient (Wildman–Crippen LogP) is 3.84. The van der Waals surface area contributed by atoms with Gasteiger partial charge in [0.25, 0.3) is 0 Å². The summed E-state index contributed by atoms with van der Waals surface area (Å²) >= 11 is 0.